The Morgan fingerprint density at radius 3 is 3.00 bits per heavy atom. The molecule has 0 saturated carbocycles. The highest BCUT2D eigenvalue weighted by Crippen LogP contribution is 2.27. The minimum absolute atomic E-state index is 0.274. The molecule has 0 aromatic carbocycles. The molecular weight excluding hydrogens is 352 g/mol. The van der Waals surface area contributed by atoms with Crippen molar-refractivity contribution in [3.8, 4) is 0 Å². The van der Waals surface area contributed by atoms with Gasteiger partial charge >= 0.3 is 0 Å². The largest absolute Gasteiger partial charge is 0.452 e. The van der Waals surface area contributed by atoms with Gasteiger partial charge in [0.25, 0.3) is 0 Å². The van der Waals surface area contributed by atoms with Crippen molar-refractivity contribution in [2.24, 2.45) is 0 Å². The molecule has 6 heteroatoms. The molecule has 1 saturated heterocycles. The lowest BCUT2D eigenvalue weighted by atomic mass is 10.2. The van der Waals surface area contributed by atoms with Crippen LogP contribution >= 0.6 is 31.9 Å². The second kappa shape index (κ2) is 6.33. The molecule has 1 atom stereocenters. The van der Waals surface area contributed by atoms with Crippen LogP contribution in [0.1, 0.15) is 5.76 Å². The van der Waals surface area contributed by atoms with Gasteiger partial charge in [-0.15, -0.1) is 0 Å². The van der Waals surface area contributed by atoms with E-state index in [0.29, 0.717) is 0 Å². The lowest BCUT2D eigenvalue weighted by molar-refractivity contribution is -0.0309. The van der Waals surface area contributed by atoms with Gasteiger partial charge in [-0.2, -0.15) is 0 Å². The molecule has 1 aliphatic rings. The van der Waals surface area contributed by atoms with E-state index in [1.165, 1.54) is 0 Å². The number of nitrogens with one attached hydrogen (secondary N) is 1. The normalized spacial score (nSPS) is 21.9. The van der Waals surface area contributed by atoms with Crippen molar-refractivity contribution >= 4 is 31.9 Å². The molecule has 1 fully saturated rings. The third-order valence-corrected chi connectivity index (χ3v) is 4.44. The minimum atomic E-state index is 0.274. The fourth-order valence-corrected chi connectivity index (χ4v) is 2.62. The van der Waals surface area contributed by atoms with Crippen LogP contribution in [-0.2, 0) is 11.3 Å². The van der Waals surface area contributed by atoms with E-state index >= 15 is 0 Å². The van der Waals surface area contributed by atoms with Crippen molar-refractivity contribution in [1.82, 2.24) is 10.2 Å². The number of rotatable bonds is 4. The van der Waals surface area contributed by atoms with Crippen molar-refractivity contribution in [3.63, 3.8) is 0 Å². The average Bonchev–Trinajstić information content (AvgIpc) is 2.59. The zero-order chi connectivity index (χ0) is 12.3. The Kier molecular flexibility index (Phi) is 5.05. The summed E-state index contributed by atoms with van der Waals surface area (Å²) in [6.07, 6.45) is 0.274. The Morgan fingerprint density at radius 1 is 1.53 bits per heavy atom. The van der Waals surface area contributed by atoms with E-state index in [-0.39, 0.29) is 6.10 Å². The summed E-state index contributed by atoms with van der Waals surface area (Å²) in [6, 6.07) is 2.01. The SMILES string of the molecule is CNCC1CN(Cc2cc(Br)c(Br)o2)CCO1. The molecule has 96 valence electrons. The standard InChI is InChI=1S/C11H16Br2N2O2/c1-14-5-9-7-15(2-3-16-9)6-8-4-10(12)11(13)17-8/h4,9,14H,2-3,5-7H2,1H3. The number of morpholine rings is 1. The number of furan rings is 1. The van der Waals surface area contributed by atoms with Crippen LogP contribution in [0.5, 0.6) is 0 Å². The predicted octanol–water partition coefficient (Wildman–Crippen LogP) is 2.22. The van der Waals surface area contributed by atoms with E-state index in [1.807, 2.05) is 13.1 Å². The molecule has 0 aliphatic carbocycles. The van der Waals surface area contributed by atoms with Gasteiger partial charge in [0.2, 0.25) is 0 Å². The van der Waals surface area contributed by atoms with Gasteiger partial charge in [0.15, 0.2) is 4.67 Å². The van der Waals surface area contributed by atoms with Crippen LogP contribution in [0.2, 0.25) is 0 Å². The van der Waals surface area contributed by atoms with Gasteiger partial charge < -0.3 is 14.5 Å². The third kappa shape index (κ3) is 3.79. The molecule has 0 radical (unpaired) electrons. The second-order valence-electron chi connectivity index (χ2n) is 4.12. The average molecular weight is 368 g/mol. The third-order valence-electron chi connectivity index (χ3n) is 2.73. The zero-order valence-corrected chi connectivity index (χ0v) is 12.9. The van der Waals surface area contributed by atoms with E-state index in [1.54, 1.807) is 0 Å². The van der Waals surface area contributed by atoms with Gasteiger partial charge in [-0.3, -0.25) is 4.90 Å². The summed E-state index contributed by atoms with van der Waals surface area (Å²) in [7, 11) is 1.95. The quantitative estimate of drug-likeness (QED) is 0.885. The number of nitrogens with zero attached hydrogens (tertiary/aromatic N) is 1. The van der Waals surface area contributed by atoms with E-state index in [9.17, 15) is 0 Å². The van der Waals surface area contributed by atoms with Crippen LogP contribution in [0, 0.1) is 0 Å². The van der Waals surface area contributed by atoms with Gasteiger partial charge in [0.1, 0.15) is 5.76 Å². The van der Waals surface area contributed by atoms with E-state index in [0.717, 1.165) is 47.7 Å². The summed E-state index contributed by atoms with van der Waals surface area (Å²) in [5.74, 6) is 0.967. The zero-order valence-electron chi connectivity index (χ0n) is 9.71. The molecule has 4 nitrogen and oxygen atoms in total. The Bertz CT molecular complexity index is 349. The first-order chi connectivity index (χ1) is 8.19. The summed E-state index contributed by atoms with van der Waals surface area (Å²) in [5.41, 5.74) is 0. The Balaban J connectivity index is 1.90. The summed E-state index contributed by atoms with van der Waals surface area (Å²) >= 11 is 6.77. The monoisotopic (exact) mass is 366 g/mol. The molecule has 1 aromatic heterocycles. The Hall–Kier alpha value is 0.120. The highest BCUT2D eigenvalue weighted by Gasteiger charge is 2.21. The number of halogens is 2. The smallest absolute Gasteiger partial charge is 0.183 e. The summed E-state index contributed by atoms with van der Waals surface area (Å²) in [4.78, 5) is 2.35. The first-order valence-electron chi connectivity index (χ1n) is 5.61. The molecule has 1 aliphatic heterocycles. The first kappa shape index (κ1) is 13.5. The van der Waals surface area contributed by atoms with Gasteiger partial charge in [0.05, 0.1) is 23.7 Å². The van der Waals surface area contributed by atoms with E-state index in [4.69, 9.17) is 9.15 Å². The molecule has 2 rings (SSSR count). The molecule has 0 spiro atoms. The molecule has 2 heterocycles. The van der Waals surface area contributed by atoms with Crippen LogP contribution in [0.4, 0.5) is 0 Å². The number of likely N-dealkylation sites (N-methyl/N-ethyl adjacent to an activating group) is 1. The number of hydrogen-bond acceptors (Lipinski definition) is 4. The maximum Gasteiger partial charge on any atom is 0.183 e. The van der Waals surface area contributed by atoms with Crippen LogP contribution in [0.3, 0.4) is 0 Å². The van der Waals surface area contributed by atoms with Crippen molar-refractivity contribution < 1.29 is 9.15 Å². The highest BCUT2D eigenvalue weighted by atomic mass is 79.9. The second-order valence-corrected chi connectivity index (χ2v) is 5.69. The maximum atomic E-state index is 5.66. The van der Waals surface area contributed by atoms with Crippen LogP contribution in [0.15, 0.2) is 19.6 Å². The minimum Gasteiger partial charge on any atom is -0.452 e. The van der Waals surface area contributed by atoms with Gasteiger partial charge in [-0.05, 0) is 45.0 Å². The molecule has 0 amide bonds. The van der Waals surface area contributed by atoms with Gasteiger partial charge in [-0.25, -0.2) is 0 Å². The summed E-state index contributed by atoms with van der Waals surface area (Å²) in [6.45, 7) is 4.40. The molecule has 1 N–H and O–H groups in total. The fraction of sp³-hybridized carbons (Fsp3) is 0.636. The topological polar surface area (TPSA) is 37.6 Å². The van der Waals surface area contributed by atoms with E-state index in [2.05, 4.69) is 42.1 Å². The Morgan fingerprint density at radius 2 is 2.35 bits per heavy atom. The molecule has 1 unspecified atom stereocenters. The maximum absolute atomic E-state index is 5.66. The van der Waals surface area contributed by atoms with Crippen molar-refractivity contribution in [1.29, 1.82) is 0 Å². The summed E-state index contributed by atoms with van der Waals surface area (Å²) in [5, 5.41) is 3.14. The van der Waals surface area contributed by atoms with Gasteiger partial charge in [-0.1, -0.05) is 0 Å². The predicted molar refractivity (Wildman–Crippen MR) is 73.1 cm³/mol. The molecule has 17 heavy (non-hydrogen) atoms. The van der Waals surface area contributed by atoms with Crippen LogP contribution in [0.25, 0.3) is 0 Å². The van der Waals surface area contributed by atoms with Crippen molar-refractivity contribution in [2.75, 3.05) is 33.3 Å². The number of ether oxygens (including phenoxy) is 1. The van der Waals surface area contributed by atoms with Crippen molar-refractivity contribution in [2.45, 2.75) is 12.6 Å². The lowest BCUT2D eigenvalue weighted by Gasteiger charge is -2.32. The molecule has 0 bridgehead atoms. The van der Waals surface area contributed by atoms with E-state index < -0.39 is 0 Å². The van der Waals surface area contributed by atoms with Crippen LogP contribution < -0.4 is 5.32 Å². The first-order valence-corrected chi connectivity index (χ1v) is 7.20. The van der Waals surface area contributed by atoms with Gasteiger partial charge in [0, 0.05) is 19.6 Å². The molecular formula is C11H16Br2N2O2. The Labute approximate surface area is 118 Å². The highest BCUT2D eigenvalue weighted by molar-refractivity contribution is 9.13. The van der Waals surface area contributed by atoms with Crippen molar-refractivity contribution in [3.05, 3.63) is 21.0 Å². The number of hydrogen-bond donors (Lipinski definition) is 1. The molecule has 1 aromatic rings. The lowest BCUT2D eigenvalue weighted by Crippen LogP contribution is -2.45. The summed E-state index contributed by atoms with van der Waals surface area (Å²) < 4.78 is 13.0. The fourth-order valence-electron chi connectivity index (χ4n) is 1.96. The van der Waals surface area contributed by atoms with Crippen LogP contribution in [-0.4, -0.2) is 44.3 Å².